The summed E-state index contributed by atoms with van der Waals surface area (Å²) in [5, 5.41) is 14.0. The first-order valence-corrected chi connectivity index (χ1v) is 11.3. The van der Waals surface area contributed by atoms with Crippen molar-refractivity contribution in [2.24, 2.45) is 0 Å². The van der Waals surface area contributed by atoms with Crippen LogP contribution in [0, 0.1) is 0 Å². The van der Waals surface area contributed by atoms with Crippen LogP contribution in [0.1, 0.15) is 35.3 Å². The number of fused-ring (bicyclic) bond motifs is 1. The van der Waals surface area contributed by atoms with E-state index in [1.54, 1.807) is 15.6 Å². The van der Waals surface area contributed by atoms with Crippen molar-refractivity contribution in [1.82, 2.24) is 24.4 Å². The van der Waals surface area contributed by atoms with Gasteiger partial charge in [0.1, 0.15) is 11.6 Å². The predicted molar refractivity (Wildman–Crippen MR) is 97.1 cm³/mol. The molecule has 2 aliphatic heterocycles. The number of aryl methyl sites for hydroxylation is 1. The molecule has 1 saturated heterocycles. The van der Waals surface area contributed by atoms with Gasteiger partial charge in [-0.1, -0.05) is 6.07 Å². The van der Waals surface area contributed by atoms with E-state index in [1.165, 1.54) is 0 Å². The topological polar surface area (TPSA) is 80.1 Å². The van der Waals surface area contributed by atoms with E-state index in [4.69, 9.17) is 0 Å². The lowest BCUT2D eigenvalue weighted by Gasteiger charge is -2.31. The zero-order valence-corrected chi connectivity index (χ0v) is 15.7. The van der Waals surface area contributed by atoms with Gasteiger partial charge in [-0.2, -0.15) is 0 Å². The van der Waals surface area contributed by atoms with Crippen molar-refractivity contribution >= 4 is 21.4 Å². The van der Waals surface area contributed by atoms with Gasteiger partial charge in [0.15, 0.2) is 0 Å². The Balaban J connectivity index is 1.37. The second kappa shape index (κ2) is 7.14. The van der Waals surface area contributed by atoms with Crippen molar-refractivity contribution in [2.45, 2.75) is 38.3 Å². The Bertz CT molecular complexity index is 808. The number of aromatic nitrogens is 3. The van der Waals surface area contributed by atoms with Crippen molar-refractivity contribution in [2.75, 3.05) is 25.4 Å². The molecule has 0 amide bonds. The quantitative estimate of drug-likeness (QED) is 0.842. The molecule has 0 saturated carbocycles. The number of sulfonamides is 1. The summed E-state index contributed by atoms with van der Waals surface area (Å²) in [5.74, 6) is 2.53. The van der Waals surface area contributed by atoms with Crippen LogP contribution in [0.3, 0.4) is 0 Å². The van der Waals surface area contributed by atoms with Crippen molar-refractivity contribution in [3.63, 3.8) is 0 Å². The number of hydrogen-bond acceptors (Lipinski definition) is 6. The summed E-state index contributed by atoms with van der Waals surface area (Å²) in [6.07, 6.45) is 2.25. The molecule has 0 unspecified atom stereocenters. The number of thiophene rings is 1. The van der Waals surface area contributed by atoms with Gasteiger partial charge in [-0.3, -0.25) is 0 Å². The van der Waals surface area contributed by atoms with Crippen molar-refractivity contribution in [1.29, 1.82) is 0 Å². The fourth-order valence-corrected chi connectivity index (χ4v) is 5.96. The van der Waals surface area contributed by atoms with Crippen LogP contribution in [0.15, 0.2) is 17.5 Å². The SMILES string of the molecule is O=S(=O)(CCc1cccs1)N1CCC(c2nnc3n2CCNC3)CC1. The van der Waals surface area contributed by atoms with Crippen LogP contribution >= 0.6 is 11.3 Å². The van der Waals surface area contributed by atoms with Gasteiger partial charge in [0.2, 0.25) is 10.0 Å². The number of piperidine rings is 1. The minimum absolute atomic E-state index is 0.199. The number of nitrogens with one attached hydrogen (secondary N) is 1. The monoisotopic (exact) mass is 381 g/mol. The summed E-state index contributed by atoms with van der Waals surface area (Å²) in [4.78, 5) is 1.13. The molecule has 0 spiro atoms. The van der Waals surface area contributed by atoms with Gasteiger partial charge in [-0.25, -0.2) is 12.7 Å². The van der Waals surface area contributed by atoms with Crippen LogP contribution in [-0.2, 0) is 29.5 Å². The average Bonchev–Trinajstić information content (AvgIpc) is 3.30. The maximum absolute atomic E-state index is 12.6. The van der Waals surface area contributed by atoms with E-state index in [0.29, 0.717) is 25.4 Å². The molecular formula is C16H23N5O2S2. The summed E-state index contributed by atoms with van der Waals surface area (Å²) >= 11 is 1.62. The fraction of sp³-hybridized carbons (Fsp3) is 0.625. The molecular weight excluding hydrogens is 358 g/mol. The molecule has 4 rings (SSSR count). The highest BCUT2D eigenvalue weighted by atomic mass is 32.2. The average molecular weight is 382 g/mol. The highest BCUT2D eigenvalue weighted by Crippen LogP contribution is 2.29. The van der Waals surface area contributed by atoms with E-state index in [0.717, 1.165) is 49.0 Å². The third kappa shape index (κ3) is 3.64. The third-order valence-electron chi connectivity index (χ3n) is 5.05. The summed E-state index contributed by atoms with van der Waals surface area (Å²) < 4.78 is 29.1. The van der Waals surface area contributed by atoms with E-state index >= 15 is 0 Å². The molecule has 2 aliphatic rings. The second-order valence-corrected chi connectivity index (χ2v) is 9.74. The smallest absolute Gasteiger partial charge is 0.214 e. The zero-order chi connectivity index (χ0) is 17.3. The number of nitrogens with zero attached hydrogens (tertiary/aromatic N) is 4. The van der Waals surface area contributed by atoms with Crippen LogP contribution in [-0.4, -0.2) is 52.9 Å². The Morgan fingerprint density at radius 1 is 1.24 bits per heavy atom. The molecule has 0 radical (unpaired) electrons. The minimum atomic E-state index is -3.18. The van der Waals surface area contributed by atoms with Crippen LogP contribution in [0.4, 0.5) is 0 Å². The van der Waals surface area contributed by atoms with Crippen LogP contribution in [0.2, 0.25) is 0 Å². The standard InChI is InChI=1S/C16H23N5O2S2/c22-25(23,11-5-14-2-1-10-24-14)20-7-3-13(4-8-20)16-19-18-15-12-17-6-9-21(15)16/h1-2,10,13,17H,3-9,11-12H2. The van der Waals surface area contributed by atoms with Gasteiger partial charge >= 0.3 is 0 Å². The Kier molecular flexibility index (Phi) is 4.90. The van der Waals surface area contributed by atoms with Gasteiger partial charge in [0.25, 0.3) is 0 Å². The summed E-state index contributed by atoms with van der Waals surface area (Å²) in [6.45, 7) is 3.77. The van der Waals surface area contributed by atoms with E-state index in [9.17, 15) is 8.42 Å². The maximum atomic E-state index is 12.6. The second-order valence-electron chi connectivity index (χ2n) is 6.62. The van der Waals surface area contributed by atoms with Gasteiger partial charge in [0.05, 0.1) is 12.3 Å². The van der Waals surface area contributed by atoms with Gasteiger partial charge < -0.3 is 9.88 Å². The Morgan fingerprint density at radius 2 is 2.08 bits per heavy atom. The highest BCUT2D eigenvalue weighted by Gasteiger charge is 2.31. The first-order chi connectivity index (χ1) is 12.1. The number of rotatable bonds is 5. The summed E-state index contributed by atoms with van der Waals surface area (Å²) in [5.41, 5.74) is 0. The molecule has 2 aromatic rings. The van der Waals surface area contributed by atoms with Gasteiger partial charge in [-0.05, 0) is 30.7 Å². The summed E-state index contributed by atoms with van der Waals surface area (Å²) in [7, 11) is -3.18. The molecule has 4 heterocycles. The lowest BCUT2D eigenvalue weighted by Crippen LogP contribution is -2.40. The van der Waals surface area contributed by atoms with E-state index in [2.05, 4.69) is 20.1 Å². The first-order valence-electron chi connectivity index (χ1n) is 8.76. The van der Waals surface area contributed by atoms with Crippen molar-refractivity contribution in [3.8, 4) is 0 Å². The maximum Gasteiger partial charge on any atom is 0.214 e. The summed E-state index contributed by atoms with van der Waals surface area (Å²) in [6, 6.07) is 3.96. The largest absolute Gasteiger partial charge is 0.312 e. The molecule has 136 valence electrons. The lowest BCUT2D eigenvalue weighted by molar-refractivity contribution is 0.307. The fourth-order valence-electron chi connectivity index (χ4n) is 3.62. The molecule has 1 N–H and O–H groups in total. The Labute approximate surface area is 152 Å². The third-order valence-corrected chi connectivity index (χ3v) is 7.86. The lowest BCUT2D eigenvalue weighted by atomic mass is 9.97. The van der Waals surface area contributed by atoms with E-state index in [1.807, 2.05) is 17.5 Å². The van der Waals surface area contributed by atoms with Crippen molar-refractivity contribution < 1.29 is 8.42 Å². The van der Waals surface area contributed by atoms with Crippen molar-refractivity contribution in [3.05, 3.63) is 34.0 Å². The molecule has 0 bridgehead atoms. The molecule has 0 aliphatic carbocycles. The molecule has 7 nitrogen and oxygen atoms in total. The Hall–Kier alpha value is -1.29. The van der Waals surface area contributed by atoms with E-state index in [-0.39, 0.29) is 5.75 Å². The molecule has 0 aromatic carbocycles. The zero-order valence-electron chi connectivity index (χ0n) is 14.1. The number of hydrogen-bond donors (Lipinski definition) is 1. The van der Waals surface area contributed by atoms with Crippen LogP contribution < -0.4 is 5.32 Å². The molecule has 2 aromatic heterocycles. The molecule has 1 fully saturated rings. The Morgan fingerprint density at radius 3 is 2.84 bits per heavy atom. The minimum Gasteiger partial charge on any atom is -0.312 e. The molecule has 0 atom stereocenters. The normalized spacial score (nSPS) is 19.8. The highest BCUT2D eigenvalue weighted by molar-refractivity contribution is 7.89. The molecule has 25 heavy (non-hydrogen) atoms. The first kappa shape index (κ1) is 17.1. The van der Waals surface area contributed by atoms with Gasteiger partial charge in [-0.15, -0.1) is 21.5 Å². The predicted octanol–water partition coefficient (Wildman–Crippen LogP) is 1.19. The van der Waals surface area contributed by atoms with Gasteiger partial charge in [0, 0.05) is 37.0 Å². The van der Waals surface area contributed by atoms with Crippen LogP contribution in [0.5, 0.6) is 0 Å². The van der Waals surface area contributed by atoms with Crippen LogP contribution in [0.25, 0.3) is 0 Å². The molecule has 9 heteroatoms. The van der Waals surface area contributed by atoms with E-state index < -0.39 is 10.0 Å².